The van der Waals surface area contributed by atoms with E-state index in [-0.39, 0.29) is 23.8 Å². The zero-order valence-corrected chi connectivity index (χ0v) is 14.6. The summed E-state index contributed by atoms with van der Waals surface area (Å²) in [5.74, 6) is -2.70. The van der Waals surface area contributed by atoms with Gasteiger partial charge in [0.2, 0.25) is 5.91 Å². The maximum atomic E-state index is 11.7. The van der Waals surface area contributed by atoms with Crippen LogP contribution in [0.3, 0.4) is 0 Å². The summed E-state index contributed by atoms with van der Waals surface area (Å²) < 4.78 is 0. The number of nitrogens with two attached hydrogens (primary N) is 2. The highest BCUT2D eigenvalue weighted by Crippen LogP contribution is 2.37. The van der Waals surface area contributed by atoms with Gasteiger partial charge in [0, 0.05) is 18.9 Å². The van der Waals surface area contributed by atoms with E-state index in [1.54, 1.807) is 0 Å². The first-order valence-electron chi connectivity index (χ1n) is 8.49. The van der Waals surface area contributed by atoms with Crippen molar-refractivity contribution in [3.05, 3.63) is 0 Å². The van der Waals surface area contributed by atoms with Crippen molar-refractivity contribution in [3.8, 4) is 0 Å². The maximum Gasteiger partial charge on any atom is 0.309 e. The second-order valence-electron chi connectivity index (χ2n) is 6.51. The van der Waals surface area contributed by atoms with Gasteiger partial charge in [-0.2, -0.15) is 0 Å². The summed E-state index contributed by atoms with van der Waals surface area (Å²) in [6.07, 6.45) is 1.20. The fourth-order valence-electron chi connectivity index (χ4n) is 3.83. The smallest absolute Gasteiger partial charge is 0.309 e. The lowest BCUT2D eigenvalue weighted by atomic mass is 9.68. The minimum Gasteiger partial charge on any atom is -0.481 e. The van der Waals surface area contributed by atoms with Gasteiger partial charge >= 0.3 is 5.97 Å². The van der Waals surface area contributed by atoms with Gasteiger partial charge in [-0.25, -0.2) is 4.99 Å². The van der Waals surface area contributed by atoms with Crippen molar-refractivity contribution in [2.45, 2.75) is 64.6 Å². The molecule has 1 aliphatic rings. The van der Waals surface area contributed by atoms with Crippen LogP contribution in [0.25, 0.3) is 0 Å². The number of hydrogen-bond acceptors (Lipinski definition) is 4. The number of carboxylic acid groups (broad SMARTS) is 1. The summed E-state index contributed by atoms with van der Waals surface area (Å²) in [5.41, 5.74) is 11.0. The van der Waals surface area contributed by atoms with E-state index in [1.165, 1.54) is 6.92 Å². The van der Waals surface area contributed by atoms with Gasteiger partial charge in [0.05, 0.1) is 18.1 Å². The highest BCUT2D eigenvalue weighted by atomic mass is 16.4. The third kappa shape index (κ3) is 4.83. The molecule has 1 aliphatic carbocycles. The molecule has 0 radical (unpaired) electrons. The number of aliphatic imine (C=N–C) groups is 1. The molecule has 138 valence electrons. The van der Waals surface area contributed by atoms with Crippen LogP contribution in [0.5, 0.6) is 0 Å². The van der Waals surface area contributed by atoms with Gasteiger partial charge in [-0.15, -0.1) is 0 Å². The number of carboxylic acids is 1. The van der Waals surface area contributed by atoms with Gasteiger partial charge in [-0.3, -0.25) is 9.59 Å². The first kappa shape index (κ1) is 20.2. The van der Waals surface area contributed by atoms with Crippen LogP contribution in [0.1, 0.15) is 46.5 Å². The summed E-state index contributed by atoms with van der Waals surface area (Å²) in [6, 6.07) is -0.805. The van der Waals surface area contributed by atoms with Crippen molar-refractivity contribution < 1.29 is 19.8 Å². The molecular weight excluding hydrogens is 312 g/mol. The Labute approximate surface area is 142 Å². The maximum absolute atomic E-state index is 11.7. The number of amides is 1. The number of aliphatic hydroxyl groups excluding tert-OH is 1. The highest BCUT2D eigenvalue weighted by molar-refractivity contribution is 5.76. The molecule has 0 aromatic heterocycles. The van der Waals surface area contributed by atoms with Gasteiger partial charge in [0.15, 0.2) is 5.96 Å². The molecular formula is C16H30N4O4. The van der Waals surface area contributed by atoms with Crippen molar-refractivity contribution in [3.63, 3.8) is 0 Å². The van der Waals surface area contributed by atoms with Crippen molar-refractivity contribution in [2.75, 3.05) is 0 Å². The Morgan fingerprint density at radius 2 is 1.83 bits per heavy atom. The Morgan fingerprint density at radius 1 is 1.25 bits per heavy atom. The van der Waals surface area contributed by atoms with E-state index in [0.717, 1.165) is 12.8 Å². The lowest BCUT2D eigenvalue weighted by Crippen LogP contribution is -2.57. The van der Waals surface area contributed by atoms with Gasteiger partial charge in [0.25, 0.3) is 0 Å². The van der Waals surface area contributed by atoms with Crippen LogP contribution in [0, 0.1) is 17.8 Å². The van der Waals surface area contributed by atoms with E-state index < -0.39 is 30.0 Å². The van der Waals surface area contributed by atoms with Crippen molar-refractivity contribution in [1.29, 1.82) is 0 Å². The average molecular weight is 342 g/mol. The summed E-state index contributed by atoms with van der Waals surface area (Å²) in [4.78, 5) is 27.4. The fraction of sp³-hybridized carbons (Fsp3) is 0.812. The van der Waals surface area contributed by atoms with Crippen molar-refractivity contribution in [2.24, 2.45) is 34.2 Å². The van der Waals surface area contributed by atoms with E-state index in [2.05, 4.69) is 10.3 Å². The van der Waals surface area contributed by atoms with Crippen LogP contribution in [0.2, 0.25) is 0 Å². The molecule has 0 heterocycles. The second-order valence-corrected chi connectivity index (χ2v) is 6.51. The van der Waals surface area contributed by atoms with E-state index >= 15 is 0 Å². The number of carbonyl (C=O) groups excluding carboxylic acids is 1. The predicted molar refractivity (Wildman–Crippen MR) is 91.1 cm³/mol. The summed E-state index contributed by atoms with van der Waals surface area (Å²) in [7, 11) is 0. The Hall–Kier alpha value is -1.83. The third-order valence-electron chi connectivity index (χ3n) is 5.00. The molecule has 1 amide bonds. The van der Waals surface area contributed by atoms with E-state index in [9.17, 15) is 19.8 Å². The van der Waals surface area contributed by atoms with Crippen LogP contribution in [0.4, 0.5) is 0 Å². The van der Waals surface area contributed by atoms with E-state index in [1.807, 2.05) is 13.8 Å². The molecule has 24 heavy (non-hydrogen) atoms. The Morgan fingerprint density at radius 3 is 2.25 bits per heavy atom. The number of hydrogen-bond donors (Lipinski definition) is 5. The number of aliphatic hydroxyl groups is 1. The summed E-state index contributed by atoms with van der Waals surface area (Å²) >= 11 is 0. The number of rotatable bonds is 7. The monoisotopic (exact) mass is 342 g/mol. The van der Waals surface area contributed by atoms with Crippen molar-refractivity contribution >= 4 is 17.8 Å². The van der Waals surface area contributed by atoms with E-state index in [4.69, 9.17) is 11.5 Å². The molecule has 1 saturated carbocycles. The van der Waals surface area contributed by atoms with E-state index in [0.29, 0.717) is 12.8 Å². The molecule has 8 heteroatoms. The lowest BCUT2D eigenvalue weighted by molar-refractivity contribution is -0.151. The van der Waals surface area contributed by atoms with Crippen LogP contribution in [0.15, 0.2) is 4.99 Å². The van der Waals surface area contributed by atoms with Crippen LogP contribution >= 0.6 is 0 Å². The molecule has 0 aromatic rings. The quantitative estimate of drug-likeness (QED) is 0.325. The number of carbonyl (C=O) groups is 2. The number of nitrogens with one attached hydrogen (secondary N) is 1. The van der Waals surface area contributed by atoms with Crippen molar-refractivity contribution in [1.82, 2.24) is 5.32 Å². The van der Waals surface area contributed by atoms with Crippen LogP contribution in [-0.2, 0) is 9.59 Å². The average Bonchev–Trinajstić information content (AvgIpc) is 2.46. The SMILES string of the molecule is CCC(CC)[C@H](NC(C)=O)[C@H]1[C@H](O)[C@@H](C(=O)O)CC[C@H]1N=C(N)N. The first-order chi connectivity index (χ1) is 11.2. The summed E-state index contributed by atoms with van der Waals surface area (Å²) in [6.45, 7) is 5.42. The summed E-state index contributed by atoms with van der Waals surface area (Å²) in [5, 5.41) is 23.0. The molecule has 0 aromatic carbocycles. The van der Waals surface area contributed by atoms with Gasteiger partial charge < -0.3 is 27.0 Å². The van der Waals surface area contributed by atoms with Crippen LogP contribution < -0.4 is 16.8 Å². The fourth-order valence-corrected chi connectivity index (χ4v) is 3.83. The molecule has 1 fully saturated rings. The topological polar surface area (TPSA) is 151 Å². The zero-order valence-electron chi connectivity index (χ0n) is 14.6. The zero-order chi connectivity index (χ0) is 18.4. The second kappa shape index (κ2) is 8.86. The number of guanidine groups is 1. The lowest BCUT2D eigenvalue weighted by Gasteiger charge is -2.44. The molecule has 0 saturated heterocycles. The first-order valence-corrected chi connectivity index (χ1v) is 8.49. The largest absolute Gasteiger partial charge is 0.481 e. The molecule has 0 unspecified atom stereocenters. The van der Waals surface area contributed by atoms with Crippen LogP contribution in [-0.4, -0.2) is 46.2 Å². The van der Waals surface area contributed by atoms with Gasteiger partial charge in [0.1, 0.15) is 0 Å². The molecule has 0 aliphatic heterocycles. The third-order valence-corrected chi connectivity index (χ3v) is 5.00. The number of nitrogens with zero attached hydrogens (tertiary/aromatic N) is 1. The highest BCUT2D eigenvalue weighted by Gasteiger charge is 2.47. The Kier molecular flexibility index (Phi) is 7.47. The normalized spacial score (nSPS) is 28.2. The molecule has 8 nitrogen and oxygen atoms in total. The minimum atomic E-state index is -1.12. The number of aliphatic carboxylic acids is 1. The van der Waals surface area contributed by atoms with Gasteiger partial charge in [-0.05, 0) is 18.8 Å². The molecule has 5 atom stereocenters. The van der Waals surface area contributed by atoms with Gasteiger partial charge in [-0.1, -0.05) is 26.7 Å². The Balaban J connectivity index is 3.27. The molecule has 0 bridgehead atoms. The molecule has 1 rings (SSSR count). The Bertz CT molecular complexity index is 475. The minimum absolute atomic E-state index is 0.0952. The molecule has 7 N–H and O–H groups in total. The molecule has 0 spiro atoms. The standard InChI is InChI=1S/C16H30N4O4/c1-4-9(5-2)13(19-8(3)21)12-11(20-16(17)18)7-6-10(14(12)22)15(23)24/h9-14,22H,4-7H2,1-3H3,(H,19,21)(H,23,24)(H4,17,18,20)/t10-,11+,12-,13-,14+/m0/s1. The predicted octanol–water partition coefficient (Wildman–Crippen LogP) is 0.0410.